The van der Waals surface area contributed by atoms with Gasteiger partial charge in [-0.1, -0.05) is 29.8 Å². The monoisotopic (exact) mass is 429 g/mol. The number of carbonyl (C=O) groups is 1. The van der Waals surface area contributed by atoms with Crippen molar-refractivity contribution < 1.29 is 9.53 Å². The van der Waals surface area contributed by atoms with Gasteiger partial charge in [0.15, 0.2) is 5.11 Å². The molecular formula is C22H24ClN3O2S. The molecule has 0 bridgehead atoms. The normalized spacial score (nSPS) is 13.9. The zero-order valence-electron chi connectivity index (χ0n) is 16.3. The molecule has 1 aliphatic heterocycles. The molecule has 29 heavy (non-hydrogen) atoms. The Balaban J connectivity index is 1.62. The molecule has 1 aliphatic rings. The summed E-state index contributed by atoms with van der Waals surface area (Å²) in [6.07, 6.45) is 6.68. The van der Waals surface area contributed by atoms with Crippen molar-refractivity contribution in [1.29, 1.82) is 0 Å². The number of nitrogens with zero attached hydrogens (tertiary/aromatic N) is 1. The Hall–Kier alpha value is -2.57. The quantitative estimate of drug-likeness (QED) is 0.524. The van der Waals surface area contributed by atoms with Crippen LogP contribution in [0.15, 0.2) is 48.5 Å². The number of carbonyl (C=O) groups excluding carboxylic acids is 1. The number of ether oxygens (including phenoxy) is 1. The predicted octanol–water partition coefficient (Wildman–Crippen LogP) is 4.87. The van der Waals surface area contributed by atoms with Crippen LogP contribution in [0.3, 0.4) is 0 Å². The number of rotatable bonds is 5. The van der Waals surface area contributed by atoms with E-state index in [4.69, 9.17) is 28.6 Å². The second kappa shape index (κ2) is 10.3. The van der Waals surface area contributed by atoms with Crippen molar-refractivity contribution in [3.8, 4) is 5.75 Å². The van der Waals surface area contributed by atoms with E-state index in [0.717, 1.165) is 48.6 Å². The second-order valence-electron chi connectivity index (χ2n) is 6.73. The fourth-order valence-electron chi connectivity index (χ4n) is 3.25. The van der Waals surface area contributed by atoms with Gasteiger partial charge in [0.1, 0.15) is 5.75 Å². The number of anilines is 2. The van der Waals surface area contributed by atoms with Crippen molar-refractivity contribution in [2.45, 2.75) is 19.3 Å². The minimum Gasteiger partial charge on any atom is -0.497 e. The molecule has 5 nitrogen and oxygen atoms in total. The molecule has 152 valence electrons. The molecule has 1 heterocycles. The summed E-state index contributed by atoms with van der Waals surface area (Å²) in [5.41, 5.74) is 2.62. The lowest BCUT2D eigenvalue weighted by molar-refractivity contribution is -0.115. The molecule has 0 atom stereocenters. The fourth-order valence-corrected chi connectivity index (χ4v) is 3.75. The van der Waals surface area contributed by atoms with Crippen molar-refractivity contribution in [3.05, 3.63) is 59.1 Å². The van der Waals surface area contributed by atoms with E-state index in [1.54, 1.807) is 13.2 Å². The zero-order valence-corrected chi connectivity index (χ0v) is 17.9. The molecule has 2 aromatic carbocycles. The Morgan fingerprint density at radius 1 is 1.14 bits per heavy atom. The van der Waals surface area contributed by atoms with Crippen LogP contribution < -0.4 is 20.3 Å². The van der Waals surface area contributed by atoms with Gasteiger partial charge in [0, 0.05) is 19.2 Å². The summed E-state index contributed by atoms with van der Waals surface area (Å²) in [5.74, 6) is 0.461. The predicted molar refractivity (Wildman–Crippen MR) is 124 cm³/mol. The third kappa shape index (κ3) is 5.95. The second-order valence-corrected chi connectivity index (χ2v) is 7.55. The Kier molecular flexibility index (Phi) is 7.49. The summed E-state index contributed by atoms with van der Waals surface area (Å²) in [4.78, 5) is 14.5. The van der Waals surface area contributed by atoms with Crippen LogP contribution in [-0.4, -0.2) is 31.2 Å². The number of amides is 1. The SMILES string of the molecule is COc1ccc(/C=C/C(=O)NC(=S)Nc2cccc(Cl)c2N2CCCCC2)cc1. The van der Waals surface area contributed by atoms with Crippen LogP contribution >= 0.6 is 23.8 Å². The van der Waals surface area contributed by atoms with E-state index < -0.39 is 0 Å². The topological polar surface area (TPSA) is 53.6 Å². The van der Waals surface area contributed by atoms with E-state index in [1.807, 2.05) is 42.5 Å². The molecule has 0 aliphatic carbocycles. The molecule has 2 N–H and O–H groups in total. The number of methoxy groups -OCH3 is 1. The summed E-state index contributed by atoms with van der Waals surface area (Å²) in [6, 6.07) is 13.1. The van der Waals surface area contributed by atoms with E-state index in [0.29, 0.717) is 5.02 Å². The number of benzene rings is 2. The molecular weight excluding hydrogens is 406 g/mol. The molecule has 0 aromatic heterocycles. The lowest BCUT2D eigenvalue weighted by Gasteiger charge is -2.31. The highest BCUT2D eigenvalue weighted by Crippen LogP contribution is 2.35. The lowest BCUT2D eigenvalue weighted by Crippen LogP contribution is -2.34. The maximum absolute atomic E-state index is 12.2. The Morgan fingerprint density at radius 2 is 1.86 bits per heavy atom. The maximum atomic E-state index is 12.2. The van der Waals surface area contributed by atoms with Gasteiger partial charge in [-0.3, -0.25) is 10.1 Å². The Bertz CT molecular complexity index is 893. The molecule has 7 heteroatoms. The third-order valence-electron chi connectivity index (χ3n) is 4.69. The van der Waals surface area contributed by atoms with E-state index in [1.165, 1.54) is 12.5 Å². The van der Waals surface area contributed by atoms with Crippen molar-refractivity contribution in [2.75, 3.05) is 30.4 Å². The maximum Gasteiger partial charge on any atom is 0.250 e. The summed E-state index contributed by atoms with van der Waals surface area (Å²) < 4.78 is 5.12. The highest BCUT2D eigenvalue weighted by molar-refractivity contribution is 7.80. The van der Waals surface area contributed by atoms with Gasteiger partial charge in [-0.2, -0.15) is 0 Å². The number of halogens is 1. The first kappa shape index (κ1) is 21.1. The van der Waals surface area contributed by atoms with Crippen LogP contribution in [0.5, 0.6) is 5.75 Å². The summed E-state index contributed by atoms with van der Waals surface area (Å²) in [6.45, 7) is 1.92. The standard InChI is InChI=1S/C22H24ClN3O2S/c1-28-17-11-8-16(9-12-17)10-13-20(27)25-22(29)24-19-7-5-6-18(23)21(19)26-14-3-2-4-15-26/h5-13H,2-4,14-15H2,1H3,(H2,24,25,27,29)/b13-10+. The van der Waals surface area contributed by atoms with Crippen LogP contribution in [-0.2, 0) is 4.79 Å². The van der Waals surface area contributed by atoms with Crippen LogP contribution in [0.1, 0.15) is 24.8 Å². The van der Waals surface area contributed by atoms with Crippen LogP contribution in [0.2, 0.25) is 5.02 Å². The number of nitrogens with one attached hydrogen (secondary N) is 2. The van der Waals surface area contributed by atoms with Crippen molar-refractivity contribution in [3.63, 3.8) is 0 Å². The van der Waals surface area contributed by atoms with Gasteiger partial charge in [-0.05, 0) is 67.4 Å². The molecule has 3 rings (SSSR count). The largest absolute Gasteiger partial charge is 0.497 e. The minimum atomic E-state index is -0.306. The van der Waals surface area contributed by atoms with Gasteiger partial charge in [0.2, 0.25) is 5.91 Å². The van der Waals surface area contributed by atoms with Gasteiger partial charge >= 0.3 is 0 Å². The van der Waals surface area contributed by atoms with Crippen LogP contribution in [0, 0.1) is 0 Å². The average Bonchev–Trinajstić information content (AvgIpc) is 2.73. The first-order valence-electron chi connectivity index (χ1n) is 9.54. The number of hydrogen-bond acceptors (Lipinski definition) is 4. The van der Waals surface area contributed by atoms with Gasteiger partial charge in [-0.15, -0.1) is 0 Å². The van der Waals surface area contributed by atoms with Crippen molar-refractivity contribution in [2.24, 2.45) is 0 Å². The molecule has 0 radical (unpaired) electrons. The lowest BCUT2D eigenvalue weighted by atomic mass is 10.1. The summed E-state index contributed by atoms with van der Waals surface area (Å²) >= 11 is 11.8. The Morgan fingerprint density at radius 3 is 2.55 bits per heavy atom. The molecule has 0 saturated carbocycles. The van der Waals surface area contributed by atoms with Crippen molar-refractivity contribution in [1.82, 2.24) is 5.32 Å². The van der Waals surface area contributed by atoms with Crippen LogP contribution in [0.4, 0.5) is 11.4 Å². The van der Waals surface area contributed by atoms with E-state index in [9.17, 15) is 4.79 Å². The van der Waals surface area contributed by atoms with Gasteiger partial charge in [0.05, 0.1) is 23.5 Å². The highest BCUT2D eigenvalue weighted by Gasteiger charge is 2.18. The molecule has 2 aromatic rings. The number of hydrogen-bond donors (Lipinski definition) is 2. The molecule has 1 amide bonds. The minimum absolute atomic E-state index is 0.231. The average molecular weight is 430 g/mol. The van der Waals surface area contributed by atoms with Gasteiger partial charge in [-0.25, -0.2) is 0 Å². The third-order valence-corrected chi connectivity index (χ3v) is 5.20. The number of thiocarbonyl (C=S) groups is 1. The van der Waals surface area contributed by atoms with Gasteiger partial charge < -0.3 is 15.0 Å². The summed E-state index contributed by atoms with van der Waals surface area (Å²) in [7, 11) is 1.61. The smallest absolute Gasteiger partial charge is 0.250 e. The summed E-state index contributed by atoms with van der Waals surface area (Å²) in [5, 5.41) is 6.70. The molecule has 0 spiro atoms. The first-order valence-corrected chi connectivity index (χ1v) is 10.3. The van der Waals surface area contributed by atoms with Gasteiger partial charge in [0.25, 0.3) is 0 Å². The molecule has 1 fully saturated rings. The number of piperidine rings is 1. The highest BCUT2D eigenvalue weighted by atomic mass is 35.5. The van der Waals surface area contributed by atoms with Crippen molar-refractivity contribution >= 4 is 52.3 Å². The zero-order chi connectivity index (χ0) is 20.6. The fraction of sp³-hybridized carbons (Fsp3) is 0.273. The van der Waals surface area contributed by atoms with E-state index in [-0.39, 0.29) is 11.0 Å². The molecule has 0 unspecified atom stereocenters. The molecule has 1 saturated heterocycles. The first-order chi connectivity index (χ1) is 14.1. The van der Waals surface area contributed by atoms with Crippen LogP contribution in [0.25, 0.3) is 6.08 Å². The van der Waals surface area contributed by atoms with E-state index in [2.05, 4.69) is 15.5 Å². The van der Waals surface area contributed by atoms with E-state index >= 15 is 0 Å². The number of para-hydroxylation sites is 1. The Labute approximate surface area is 181 Å².